The highest BCUT2D eigenvalue weighted by Gasteiger charge is 2.12. The minimum atomic E-state index is 0.391. The first-order valence-electron chi connectivity index (χ1n) is 6.94. The summed E-state index contributed by atoms with van der Waals surface area (Å²) >= 11 is 0. The van der Waals surface area contributed by atoms with Crippen LogP contribution in [0.15, 0.2) is 6.07 Å². The molecule has 3 nitrogen and oxygen atoms in total. The van der Waals surface area contributed by atoms with Gasteiger partial charge in [-0.05, 0) is 32.4 Å². The van der Waals surface area contributed by atoms with Crippen molar-refractivity contribution in [3.05, 3.63) is 23.3 Å². The Morgan fingerprint density at radius 2 is 1.83 bits per heavy atom. The summed E-state index contributed by atoms with van der Waals surface area (Å²) in [5.74, 6) is 2.06. The Morgan fingerprint density at radius 3 is 2.33 bits per heavy atom. The van der Waals surface area contributed by atoms with Crippen molar-refractivity contribution in [2.45, 2.75) is 59.4 Å². The summed E-state index contributed by atoms with van der Waals surface area (Å²) in [5.41, 5.74) is 2.23. The third-order valence-electron chi connectivity index (χ3n) is 3.06. The van der Waals surface area contributed by atoms with E-state index in [9.17, 15) is 0 Å². The maximum atomic E-state index is 4.68. The number of nitrogens with one attached hydrogen (secondary N) is 1. The first-order valence-corrected chi connectivity index (χ1v) is 6.94. The molecule has 0 amide bonds. The number of likely N-dealkylation sites (N-methyl/N-ethyl adjacent to an activating group) is 1. The summed E-state index contributed by atoms with van der Waals surface area (Å²) in [7, 11) is 2.03. The SMILES string of the molecule is CNC(Cc1cc(C)nc(C(C)C)n1)CC(C)C. The van der Waals surface area contributed by atoms with E-state index in [0.29, 0.717) is 17.9 Å². The molecule has 0 bridgehead atoms. The molecule has 0 aliphatic carbocycles. The van der Waals surface area contributed by atoms with Gasteiger partial charge in [0, 0.05) is 29.8 Å². The van der Waals surface area contributed by atoms with Crippen LogP contribution < -0.4 is 5.32 Å². The topological polar surface area (TPSA) is 37.8 Å². The third-order valence-corrected chi connectivity index (χ3v) is 3.06. The minimum absolute atomic E-state index is 0.391. The fraction of sp³-hybridized carbons (Fsp3) is 0.733. The first kappa shape index (κ1) is 15.1. The molecule has 1 aromatic rings. The van der Waals surface area contributed by atoms with Gasteiger partial charge < -0.3 is 5.32 Å². The highest BCUT2D eigenvalue weighted by molar-refractivity contribution is 5.13. The highest BCUT2D eigenvalue weighted by Crippen LogP contribution is 2.14. The molecule has 1 aromatic heterocycles. The Balaban J connectivity index is 2.82. The largest absolute Gasteiger partial charge is 0.317 e. The zero-order chi connectivity index (χ0) is 13.7. The molecule has 0 saturated heterocycles. The average Bonchev–Trinajstić information content (AvgIpc) is 2.26. The van der Waals surface area contributed by atoms with Crippen LogP contribution in [0, 0.1) is 12.8 Å². The lowest BCUT2D eigenvalue weighted by atomic mass is 9.99. The van der Waals surface area contributed by atoms with E-state index in [1.807, 2.05) is 14.0 Å². The average molecular weight is 249 g/mol. The van der Waals surface area contributed by atoms with E-state index < -0.39 is 0 Å². The molecule has 0 aromatic carbocycles. The van der Waals surface area contributed by atoms with Crippen molar-refractivity contribution in [1.29, 1.82) is 0 Å². The standard InChI is InChI=1S/C15H27N3/c1-10(2)7-13(16-6)9-14-8-12(5)17-15(18-14)11(3)4/h8,10-11,13,16H,7,9H2,1-6H3. The number of aryl methyl sites for hydroxylation is 1. The molecule has 1 N–H and O–H groups in total. The van der Waals surface area contributed by atoms with Crippen LogP contribution >= 0.6 is 0 Å². The molecule has 0 spiro atoms. The molecule has 1 unspecified atom stereocenters. The third kappa shape index (κ3) is 4.73. The van der Waals surface area contributed by atoms with Gasteiger partial charge >= 0.3 is 0 Å². The minimum Gasteiger partial charge on any atom is -0.317 e. The van der Waals surface area contributed by atoms with E-state index in [4.69, 9.17) is 0 Å². The Labute approximate surface area is 111 Å². The number of hydrogen-bond acceptors (Lipinski definition) is 3. The Morgan fingerprint density at radius 1 is 1.17 bits per heavy atom. The molecule has 1 heterocycles. The highest BCUT2D eigenvalue weighted by atomic mass is 14.9. The van der Waals surface area contributed by atoms with Crippen molar-refractivity contribution < 1.29 is 0 Å². The summed E-state index contributed by atoms with van der Waals surface area (Å²) in [6.45, 7) is 10.8. The van der Waals surface area contributed by atoms with Crippen molar-refractivity contribution >= 4 is 0 Å². The van der Waals surface area contributed by atoms with Gasteiger partial charge in [-0.1, -0.05) is 27.7 Å². The van der Waals surface area contributed by atoms with Gasteiger partial charge in [-0.2, -0.15) is 0 Å². The van der Waals surface area contributed by atoms with Gasteiger partial charge in [0.1, 0.15) is 5.82 Å². The lowest BCUT2D eigenvalue weighted by Crippen LogP contribution is -2.29. The molecule has 102 valence electrons. The van der Waals surface area contributed by atoms with Crippen LogP contribution in [0.2, 0.25) is 0 Å². The summed E-state index contributed by atoms with van der Waals surface area (Å²) in [4.78, 5) is 9.17. The molecule has 0 aliphatic heterocycles. The van der Waals surface area contributed by atoms with Gasteiger partial charge in [0.2, 0.25) is 0 Å². The molecule has 18 heavy (non-hydrogen) atoms. The van der Waals surface area contributed by atoms with Crippen LogP contribution in [-0.4, -0.2) is 23.1 Å². The zero-order valence-electron chi connectivity index (χ0n) is 12.6. The maximum Gasteiger partial charge on any atom is 0.131 e. The van der Waals surface area contributed by atoms with Gasteiger partial charge in [-0.25, -0.2) is 9.97 Å². The molecule has 0 saturated carbocycles. The fourth-order valence-corrected chi connectivity index (χ4v) is 2.15. The van der Waals surface area contributed by atoms with Crippen LogP contribution in [0.5, 0.6) is 0 Å². The second-order valence-electron chi connectivity index (χ2n) is 5.83. The first-order chi connectivity index (χ1) is 8.42. The summed E-state index contributed by atoms with van der Waals surface area (Å²) in [6.07, 6.45) is 2.16. The second kappa shape index (κ2) is 6.83. The van der Waals surface area contributed by atoms with Gasteiger partial charge in [-0.3, -0.25) is 0 Å². The molecular formula is C15H27N3. The van der Waals surface area contributed by atoms with Crippen molar-refractivity contribution in [2.75, 3.05) is 7.05 Å². The van der Waals surface area contributed by atoms with E-state index in [1.165, 1.54) is 6.42 Å². The Hall–Kier alpha value is -0.960. The van der Waals surface area contributed by atoms with Crippen LogP contribution in [0.25, 0.3) is 0 Å². The smallest absolute Gasteiger partial charge is 0.131 e. The number of hydrogen-bond donors (Lipinski definition) is 1. The second-order valence-corrected chi connectivity index (χ2v) is 5.83. The molecule has 0 aliphatic rings. The molecular weight excluding hydrogens is 222 g/mol. The van der Waals surface area contributed by atoms with E-state index in [-0.39, 0.29) is 0 Å². The predicted octanol–water partition coefficient (Wildman–Crippen LogP) is 3.09. The van der Waals surface area contributed by atoms with Gasteiger partial charge in [-0.15, -0.1) is 0 Å². The van der Waals surface area contributed by atoms with Gasteiger partial charge in [0.25, 0.3) is 0 Å². The van der Waals surface area contributed by atoms with Crippen LogP contribution in [0.1, 0.15) is 57.2 Å². The number of aromatic nitrogens is 2. The van der Waals surface area contributed by atoms with E-state index in [2.05, 4.69) is 49.0 Å². The molecule has 0 fully saturated rings. The molecule has 1 rings (SSSR count). The van der Waals surface area contributed by atoms with Gasteiger partial charge in [0.05, 0.1) is 0 Å². The fourth-order valence-electron chi connectivity index (χ4n) is 2.15. The van der Waals surface area contributed by atoms with E-state index in [1.54, 1.807) is 0 Å². The lowest BCUT2D eigenvalue weighted by Gasteiger charge is -2.18. The predicted molar refractivity (Wildman–Crippen MR) is 76.9 cm³/mol. The summed E-state index contributed by atoms with van der Waals surface area (Å²) in [5, 5.41) is 3.39. The summed E-state index contributed by atoms with van der Waals surface area (Å²) in [6, 6.07) is 2.61. The van der Waals surface area contributed by atoms with E-state index in [0.717, 1.165) is 23.6 Å². The van der Waals surface area contributed by atoms with Crippen molar-refractivity contribution in [2.24, 2.45) is 5.92 Å². The van der Waals surface area contributed by atoms with Crippen LogP contribution in [0.3, 0.4) is 0 Å². The Bertz CT molecular complexity index is 372. The normalized spacial score (nSPS) is 13.3. The zero-order valence-corrected chi connectivity index (χ0v) is 12.6. The number of nitrogens with zero attached hydrogens (tertiary/aromatic N) is 2. The van der Waals surface area contributed by atoms with Crippen molar-refractivity contribution in [3.63, 3.8) is 0 Å². The molecule has 0 radical (unpaired) electrons. The van der Waals surface area contributed by atoms with E-state index >= 15 is 0 Å². The monoisotopic (exact) mass is 249 g/mol. The molecule has 3 heteroatoms. The van der Waals surface area contributed by atoms with Crippen molar-refractivity contribution in [1.82, 2.24) is 15.3 Å². The number of rotatable bonds is 6. The van der Waals surface area contributed by atoms with Crippen LogP contribution in [-0.2, 0) is 6.42 Å². The molecule has 1 atom stereocenters. The van der Waals surface area contributed by atoms with Crippen LogP contribution in [0.4, 0.5) is 0 Å². The Kier molecular flexibility index (Phi) is 5.73. The quantitative estimate of drug-likeness (QED) is 0.842. The maximum absolute atomic E-state index is 4.68. The lowest BCUT2D eigenvalue weighted by molar-refractivity contribution is 0.437. The van der Waals surface area contributed by atoms with Crippen molar-refractivity contribution in [3.8, 4) is 0 Å². The summed E-state index contributed by atoms with van der Waals surface area (Å²) < 4.78 is 0. The van der Waals surface area contributed by atoms with Gasteiger partial charge in [0.15, 0.2) is 0 Å².